The van der Waals surface area contributed by atoms with Crippen molar-refractivity contribution in [2.45, 2.75) is 20.4 Å². The number of rotatable bonds is 4. The molecule has 0 spiro atoms. The molecule has 0 amide bonds. The highest BCUT2D eigenvalue weighted by molar-refractivity contribution is 5.48. The van der Waals surface area contributed by atoms with Gasteiger partial charge in [-0.1, -0.05) is 42.5 Å². The van der Waals surface area contributed by atoms with Crippen LogP contribution in [0.2, 0.25) is 0 Å². The minimum Gasteiger partial charge on any atom is -0.310 e. The van der Waals surface area contributed by atoms with Crippen molar-refractivity contribution in [2.75, 3.05) is 0 Å². The van der Waals surface area contributed by atoms with Crippen LogP contribution in [0.1, 0.15) is 16.7 Å². The van der Waals surface area contributed by atoms with E-state index in [9.17, 15) is 0 Å². The van der Waals surface area contributed by atoms with Gasteiger partial charge in [-0.25, -0.2) is 4.98 Å². The normalized spacial score (nSPS) is 11.2. The van der Waals surface area contributed by atoms with Crippen molar-refractivity contribution in [3.05, 3.63) is 77.6 Å². The zero-order chi connectivity index (χ0) is 15.4. The van der Waals surface area contributed by atoms with Gasteiger partial charge in [-0.3, -0.25) is 0 Å². The largest absolute Gasteiger partial charge is 0.310 e. The third-order valence-corrected chi connectivity index (χ3v) is 3.71. The van der Waals surface area contributed by atoms with Gasteiger partial charge in [0.25, 0.3) is 0 Å². The number of hydrogen-bond acceptors (Lipinski definition) is 3. The molecule has 1 aromatic heterocycles. The first-order valence-electron chi connectivity index (χ1n) is 7.27. The number of benzene rings is 2. The average Bonchev–Trinajstić information content (AvgIpc) is 2.97. The minimum absolute atomic E-state index is 0.616. The summed E-state index contributed by atoms with van der Waals surface area (Å²) < 4.78 is 1.99. The number of imidazole rings is 1. The van der Waals surface area contributed by atoms with E-state index in [-0.39, 0.29) is 0 Å². The summed E-state index contributed by atoms with van der Waals surface area (Å²) in [6, 6.07) is 16.3. The van der Waals surface area contributed by atoms with Gasteiger partial charge < -0.3 is 4.57 Å². The third-order valence-electron chi connectivity index (χ3n) is 3.71. The summed E-state index contributed by atoms with van der Waals surface area (Å²) in [5, 5.41) is 8.66. The monoisotopic (exact) mass is 290 g/mol. The Morgan fingerprint density at radius 2 is 1.77 bits per heavy atom. The maximum absolute atomic E-state index is 4.35. The number of aromatic nitrogens is 2. The summed E-state index contributed by atoms with van der Waals surface area (Å²) >= 11 is 0. The van der Waals surface area contributed by atoms with Gasteiger partial charge in [0, 0.05) is 12.4 Å². The maximum Gasteiger partial charge on any atom is 0.249 e. The van der Waals surface area contributed by atoms with Crippen LogP contribution in [0.15, 0.2) is 71.2 Å². The number of azo groups is 1. The second kappa shape index (κ2) is 6.35. The number of nitrogens with zero attached hydrogens (tertiary/aromatic N) is 4. The Morgan fingerprint density at radius 3 is 2.59 bits per heavy atom. The van der Waals surface area contributed by atoms with E-state index in [4.69, 9.17) is 0 Å². The Balaban J connectivity index is 1.83. The fourth-order valence-corrected chi connectivity index (χ4v) is 2.25. The van der Waals surface area contributed by atoms with Crippen LogP contribution < -0.4 is 0 Å². The fourth-order valence-electron chi connectivity index (χ4n) is 2.25. The van der Waals surface area contributed by atoms with Crippen LogP contribution >= 0.6 is 0 Å². The highest BCUT2D eigenvalue weighted by atomic mass is 15.3. The van der Waals surface area contributed by atoms with Gasteiger partial charge in [-0.2, -0.15) is 0 Å². The second-order valence-corrected chi connectivity index (χ2v) is 5.26. The van der Waals surface area contributed by atoms with Crippen molar-refractivity contribution in [1.82, 2.24) is 9.55 Å². The molecule has 0 aliphatic carbocycles. The first-order chi connectivity index (χ1) is 10.7. The molecular weight excluding hydrogens is 272 g/mol. The first kappa shape index (κ1) is 14.2. The average molecular weight is 290 g/mol. The van der Waals surface area contributed by atoms with Crippen LogP contribution in [0, 0.1) is 13.8 Å². The lowest BCUT2D eigenvalue weighted by molar-refractivity contribution is 0.791. The van der Waals surface area contributed by atoms with Crippen molar-refractivity contribution < 1.29 is 0 Å². The summed E-state index contributed by atoms with van der Waals surface area (Å²) in [6.07, 6.45) is 3.67. The van der Waals surface area contributed by atoms with Gasteiger partial charge in [-0.15, -0.1) is 10.2 Å². The molecule has 0 atom stereocenters. The third kappa shape index (κ3) is 3.11. The quantitative estimate of drug-likeness (QED) is 0.626. The topological polar surface area (TPSA) is 42.5 Å². The summed E-state index contributed by atoms with van der Waals surface area (Å²) in [7, 11) is 0. The first-order valence-corrected chi connectivity index (χ1v) is 7.27. The molecule has 110 valence electrons. The summed E-state index contributed by atoms with van der Waals surface area (Å²) in [5.41, 5.74) is 4.45. The van der Waals surface area contributed by atoms with Crippen LogP contribution in [0.25, 0.3) is 0 Å². The van der Waals surface area contributed by atoms with E-state index in [0.29, 0.717) is 5.95 Å². The Kier molecular flexibility index (Phi) is 4.10. The van der Waals surface area contributed by atoms with E-state index in [2.05, 4.69) is 47.3 Å². The maximum atomic E-state index is 4.35. The molecule has 0 fully saturated rings. The minimum atomic E-state index is 0.616. The predicted molar refractivity (Wildman–Crippen MR) is 87.9 cm³/mol. The summed E-state index contributed by atoms with van der Waals surface area (Å²) in [6.45, 7) is 4.87. The van der Waals surface area contributed by atoms with Gasteiger partial charge in [0.2, 0.25) is 5.95 Å². The van der Waals surface area contributed by atoms with Crippen LogP contribution in [0.3, 0.4) is 0 Å². The van der Waals surface area contributed by atoms with E-state index >= 15 is 0 Å². The van der Waals surface area contributed by atoms with E-state index in [1.807, 2.05) is 41.1 Å². The standard InChI is InChI=1S/C18H18N4/c1-14-7-6-10-17(15(14)2)20-21-18-19-11-12-22(18)13-16-8-4-3-5-9-16/h3-12H,13H2,1-2H3. The molecule has 0 radical (unpaired) electrons. The molecule has 0 aliphatic heterocycles. The molecule has 0 saturated heterocycles. The van der Waals surface area contributed by atoms with Gasteiger partial charge >= 0.3 is 0 Å². The Hall–Kier alpha value is -2.75. The van der Waals surface area contributed by atoms with Gasteiger partial charge in [0.1, 0.15) is 0 Å². The van der Waals surface area contributed by atoms with Crippen LogP contribution in [-0.4, -0.2) is 9.55 Å². The summed E-state index contributed by atoms with van der Waals surface area (Å²) in [4.78, 5) is 4.28. The second-order valence-electron chi connectivity index (χ2n) is 5.26. The molecule has 0 N–H and O–H groups in total. The smallest absolute Gasteiger partial charge is 0.249 e. The van der Waals surface area contributed by atoms with Gasteiger partial charge in [0.05, 0.1) is 12.2 Å². The fraction of sp³-hybridized carbons (Fsp3) is 0.167. The van der Waals surface area contributed by atoms with E-state index in [1.165, 1.54) is 11.1 Å². The highest BCUT2D eigenvalue weighted by Gasteiger charge is 2.03. The molecule has 0 bridgehead atoms. The van der Waals surface area contributed by atoms with Crippen LogP contribution in [-0.2, 0) is 6.54 Å². The predicted octanol–water partition coefficient (Wildman–Crippen LogP) is 4.96. The molecule has 4 nitrogen and oxygen atoms in total. The summed E-state index contributed by atoms with van der Waals surface area (Å²) in [5.74, 6) is 0.616. The molecule has 2 aromatic carbocycles. The molecule has 1 heterocycles. The highest BCUT2D eigenvalue weighted by Crippen LogP contribution is 2.23. The van der Waals surface area contributed by atoms with E-state index in [0.717, 1.165) is 17.8 Å². The molecule has 0 saturated carbocycles. The lowest BCUT2D eigenvalue weighted by atomic mass is 10.1. The van der Waals surface area contributed by atoms with Crippen molar-refractivity contribution in [1.29, 1.82) is 0 Å². The molecule has 3 rings (SSSR count). The number of aryl methyl sites for hydroxylation is 1. The zero-order valence-corrected chi connectivity index (χ0v) is 12.8. The van der Waals surface area contributed by atoms with Crippen molar-refractivity contribution in [3.63, 3.8) is 0 Å². The van der Waals surface area contributed by atoms with Crippen LogP contribution in [0.4, 0.5) is 11.6 Å². The Labute approximate surface area is 130 Å². The molecular formula is C18H18N4. The lowest BCUT2D eigenvalue weighted by Gasteiger charge is -2.05. The van der Waals surface area contributed by atoms with Crippen molar-refractivity contribution in [2.24, 2.45) is 10.2 Å². The van der Waals surface area contributed by atoms with Crippen molar-refractivity contribution >= 4 is 11.6 Å². The lowest BCUT2D eigenvalue weighted by Crippen LogP contribution is -1.97. The molecule has 4 heteroatoms. The van der Waals surface area contributed by atoms with Crippen LogP contribution in [0.5, 0.6) is 0 Å². The van der Waals surface area contributed by atoms with Crippen molar-refractivity contribution in [3.8, 4) is 0 Å². The number of hydrogen-bond donors (Lipinski definition) is 0. The Bertz CT molecular complexity index is 788. The van der Waals surface area contributed by atoms with Gasteiger partial charge in [-0.05, 0) is 36.6 Å². The van der Waals surface area contributed by atoms with E-state index in [1.54, 1.807) is 6.20 Å². The zero-order valence-electron chi connectivity index (χ0n) is 12.8. The molecule has 0 aliphatic rings. The van der Waals surface area contributed by atoms with Gasteiger partial charge in [0.15, 0.2) is 0 Å². The molecule has 0 unspecified atom stereocenters. The molecule has 3 aromatic rings. The SMILES string of the molecule is Cc1cccc(N=Nc2nccn2Cc2ccccc2)c1C. The molecule has 22 heavy (non-hydrogen) atoms. The van der Waals surface area contributed by atoms with E-state index < -0.39 is 0 Å². The Morgan fingerprint density at radius 1 is 0.955 bits per heavy atom.